The Hall–Kier alpha value is -1.64. The Morgan fingerprint density at radius 2 is 1.95 bits per heavy atom. The van der Waals surface area contributed by atoms with Gasteiger partial charge in [-0.1, -0.05) is 0 Å². The SMILES string of the molecule is COCCNS(=O)(=O)c1ccc(NC(C)(C)C)c(C(=O)O)c1. The van der Waals surface area contributed by atoms with Crippen LogP contribution in [0.5, 0.6) is 0 Å². The second-order valence-electron chi connectivity index (χ2n) is 5.78. The molecule has 0 fully saturated rings. The number of ether oxygens (including phenoxy) is 1. The summed E-state index contributed by atoms with van der Waals surface area (Å²) in [4.78, 5) is 11.3. The number of hydrogen-bond donors (Lipinski definition) is 3. The van der Waals surface area contributed by atoms with E-state index in [0.29, 0.717) is 5.69 Å². The molecule has 0 radical (unpaired) electrons. The van der Waals surface area contributed by atoms with Crippen molar-refractivity contribution in [2.75, 3.05) is 25.6 Å². The molecule has 124 valence electrons. The van der Waals surface area contributed by atoms with E-state index in [4.69, 9.17) is 4.74 Å². The van der Waals surface area contributed by atoms with E-state index >= 15 is 0 Å². The summed E-state index contributed by atoms with van der Waals surface area (Å²) in [7, 11) is -2.31. The molecule has 1 rings (SSSR count). The highest BCUT2D eigenvalue weighted by atomic mass is 32.2. The van der Waals surface area contributed by atoms with Gasteiger partial charge < -0.3 is 15.2 Å². The Kier molecular flexibility index (Phi) is 5.92. The van der Waals surface area contributed by atoms with Crippen LogP contribution in [0.3, 0.4) is 0 Å². The summed E-state index contributed by atoms with van der Waals surface area (Å²) in [6.07, 6.45) is 0. The Balaban J connectivity index is 3.15. The monoisotopic (exact) mass is 330 g/mol. The third kappa shape index (κ3) is 5.28. The van der Waals surface area contributed by atoms with Gasteiger partial charge in [0.1, 0.15) is 0 Å². The number of rotatable bonds is 7. The van der Waals surface area contributed by atoms with Gasteiger partial charge in [-0.25, -0.2) is 17.9 Å². The van der Waals surface area contributed by atoms with Crippen molar-refractivity contribution in [1.82, 2.24) is 4.72 Å². The molecule has 0 atom stereocenters. The van der Waals surface area contributed by atoms with E-state index in [2.05, 4.69) is 10.0 Å². The first kappa shape index (κ1) is 18.4. The average molecular weight is 330 g/mol. The van der Waals surface area contributed by atoms with Crippen LogP contribution in [-0.4, -0.2) is 45.3 Å². The van der Waals surface area contributed by atoms with Crippen LogP contribution in [0.2, 0.25) is 0 Å². The van der Waals surface area contributed by atoms with E-state index in [-0.39, 0.29) is 29.1 Å². The predicted molar refractivity (Wildman–Crippen MR) is 83.8 cm³/mol. The minimum atomic E-state index is -3.77. The lowest BCUT2D eigenvalue weighted by Crippen LogP contribution is -2.29. The van der Waals surface area contributed by atoms with Crippen molar-refractivity contribution < 1.29 is 23.1 Å². The van der Waals surface area contributed by atoms with Crippen molar-refractivity contribution in [3.8, 4) is 0 Å². The van der Waals surface area contributed by atoms with Gasteiger partial charge in [0, 0.05) is 24.9 Å². The highest BCUT2D eigenvalue weighted by Crippen LogP contribution is 2.23. The minimum absolute atomic E-state index is 0.0930. The molecular formula is C14H22N2O5S. The van der Waals surface area contributed by atoms with Crippen molar-refractivity contribution >= 4 is 21.7 Å². The predicted octanol–water partition coefficient (Wildman–Crippen LogP) is 1.52. The lowest BCUT2D eigenvalue weighted by atomic mass is 10.1. The van der Waals surface area contributed by atoms with Gasteiger partial charge in [-0.2, -0.15) is 0 Å². The van der Waals surface area contributed by atoms with Crippen LogP contribution in [0.15, 0.2) is 23.1 Å². The van der Waals surface area contributed by atoms with Crippen molar-refractivity contribution in [3.63, 3.8) is 0 Å². The largest absolute Gasteiger partial charge is 0.478 e. The summed E-state index contributed by atoms with van der Waals surface area (Å²) >= 11 is 0. The number of aromatic carboxylic acids is 1. The molecule has 0 aliphatic rings. The Labute approximate surface area is 130 Å². The Bertz CT molecular complexity index is 635. The lowest BCUT2D eigenvalue weighted by Gasteiger charge is -2.23. The molecule has 8 heteroatoms. The normalized spacial score (nSPS) is 12.2. The summed E-state index contributed by atoms with van der Waals surface area (Å²) in [6.45, 7) is 6.00. The maximum absolute atomic E-state index is 12.1. The van der Waals surface area contributed by atoms with Gasteiger partial charge in [-0.3, -0.25) is 0 Å². The van der Waals surface area contributed by atoms with Gasteiger partial charge in [0.15, 0.2) is 0 Å². The van der Waals surface area contributed by atoms with E-state index in [1.54, 1.807) is 0 Å². The molecular weight excluding hydrogens is 308 g/mol. The molecule has 3 N–H and O–H groups in total. The van der Waals surface area contributed by atoms with Crippen molar-refractivity contribution in [3.05, 3.63) is 23.8 Å². The molecule has 22 heavy (non-hydrogen) atoms. The lowest BCUT2D eigenvalue weighted by molar-refractivity contribution is 0.0697. The fraction of sp³-hybridized carbons (Fsp3) is 0.500. The molecule has 0 saturated carbocycles. The molecule has 0 amide bonds. The summed E-state index contributed by atoms with van der Waals surface area (Å²) in [6, 6.07) is 3.97. The zero-order valence-electron chi connectivity index (χ0n) is 13.1. The number of carboxylic acid groups (broad SMARTS) is 1. The van der Waals surface area contributed by atoms with E-state index in [0.717, 1.165) is 6.07 Å². The maximum atomic E-state index is 12.1. The number of hydrogen-bond acceptors (Lipinski definition) is 5. The van der Waals surface area contributed by atoms with Gasteiger partial charge >= 0.3 is 5.97 Å². The maximum Gasteiger partial charge on any atom is 0.337 e. The van der Waals surface area contributed by atoms with Crippen molar-refractivity contribution in [2.24, 2.45) is 0 Å². The fourth-order valence-electron chi connectivity index (χ4n) is 1.74. The summed E-state index contributed by atoms with van der Waals surface area (Å²) in [5.74, 6) is -1.19. The van der Waals surface area contributed by atoms with E-state index in [1.807, 2.05) is 20.8 Å². The van der Waals surface area contributed by atoms with Crippen LogP contribution >= 0.6 is 0 Å². The van der Waals surface area contributed by atoms with Crippen LogP contribution in [-0.2, 0) is 14.8 Å². The first-order valence-corrected chi connectivity index (χ1v) is 8.19. The van der Waals surface area contributed by atoms with Crippen LogP contribution in [0.1, 0.15) is 31.1 Å². The summed E-state index contributed by atoms with van der Waals surface area (Å²) in [5.41, 5.74) is -0.0678. The first-order chi connectivity index (χ1) is 10.1. The van der Waals surface area contributed by atoms with Gasteiger partial charge in [-0.05, 0) is 39.0 Å². The zero-order valence-corrected chi connectivity index (χ0v) is 14.0. The smallest absolute Gasteiger partial charge is 0.337 e. The minimum Gasteiger partial charge on any atom is -0.478 e. The number of carboxylic acids is 1. The number of sulfonamides is 1. The van der Waals surface area contributed by atoms with Gasteiger partial charge in [0.25, 0.3) is 0 Å². The average Bonchev–Trinajstić information content (AvgIpc) is 2.37. The first-order valence-electron chi connectivity index (χ1n) is 6.71. The van der Waals surface area contributed by atoms with Crippen LogP contribution in [0.4, 0.5) is 5.69 Å². The molecule has 0 spiro atoms. The number of benzene rings is 1. The van der Waals surface area contributed by atoms with Crippen LogP contribution < -0.4 is 10.0 Å². The quantitative estimate of drug-likeness (QED) is 0.655. The van der Waals surface area contributed by atoms with E-state index in [1.165, 1.54) is 19.2 Å². The third-order valence-electron chi connectivity index (χ3n) is 2.64. The number of anilines is 1. The van der Waals surface area contributed by atoms with Gasteiger partial charge in [0.05, 0.1) is 17.1 Å². The second kappa shape index (κ2) is 7.08. The molecule has 0 saturated heterocycles. The van der Waals surface area contributed by atoms with Gasteiger partial charge in [0.2, 0.25) is 10.0 Å². The van der Waals surface area contributed by atoms with E-state index in [9.17, 15) is 18.3 Å². The van der Waals surface area contributed by atoms with Gasteiger partial charge in [-0.15, -0.1) is 0 Å². The number of nitrogens with one attached hydrogen (secondary N) is 2. The molecule has 1 aromatic carbocycles. The Morgan fingerprint density at radius 3 is 2.45 bits per heavy atom. The molecule has 0 aromatic heterocycles. The van der Waals surface area contributed by atoms with Crippen molar-refractivity contribution in [1.29, 1.82) is 0 Å². The fourth-order valence-corrected chi connectivity index (χ4v) is 2.78. The molecule has 0 aliphatic heterocycles. The third-order valence-corrected chi connectivity index (χ3v) is 4.10. The molecule has 1 aromatic rings. The molecule has 0 heterocycles. The zero-order chi connectivity index (χ0) is 17.0. The number of carbonyl (C=O) groups is 1. The summed E-state index contributed by atoms with van der Waals surface area (Å²) < 4.78 is 31.3. The van der Waals surface area contributed by atoms with Crippen LogP contribution in [0, 0.1) is 0 Å². The summed E-state index contributed by atoms with van der Waals surface area (Å²) in [5, 5.41) is 12.3. The Morgan fingerprint density at radius 1 is 1.32 bits per heavy atom. The topological polar surface area (TPSA) is 105 Å². The highest BCUT2D eigenvalue weighted by Gasteiger charge is 2.20. The second-order valence-corrected chi connectivity index (χ2v) is 7.55. The molecule has 7 nitrogen and oxygen atoms in total. The molecule has 0 unspecified atom stereocenters. The number of methoxy groups -OCH3 is 1. The molecule has 0 bridgehead atoms. The van der Waals surface area contributed by atoms with Crippen molar-refractivity contribution in [2.45, 2.75) is 31.2 Å². The molecule has 0 aliphatic carbocycles. The van der Waals surface area contributed by atoms with E-state index < -0.39 is 16.0 Å². The van der Waals surface area contributed by atoms with Crippen LogP contribution in [0.25, 0.3) is 0 Å². The standard InChI is InChI=1S/C14H22N2O5S/c1-14(2,3)16-12-6-5-10(9-11(12)13(17)18)22(19,20)15-7-8-21-4/h5-6,9,15-16H,7-8H2,1-4H3,(H,17,18). The highest BCUT2D eigenvalue weighted by molar-refractivity contribution is 7.89.